The number of carbonyl (C=O) groups excluding carboxylic acids is 1. The van der Waals surface area contributed by atoms with Crippen LogP contribution in [0.15, 0.2) is 39.4 Å². The zero-order chi connectivity index (χ0) is 14.7. The van der Waals surface area contributed by atoms with Gasteiger partial charge in [0, 0.05) is 29.8 Å². The molecule has 0 bridgehead atoms. The molecular formula is C14H15Br2N3O. The van der Waals surface area contributed by atoms with Crippen LogP contribution in [0.2, 0.25) is 0 Å². The molecule has 106 valence electrons. The first-order chi connectivity index (χ1) is 9.51. The van der Waals surface area contributed by atoms with Gasteiger partial charge < -0.3 is 4.90 Å². The van der Waals surface area contributed by atoms with E-state index >= 15 is 0 Å². The SMILES string of the molecule is CCn1cc(Br)c(CN(C)C(=O)c2cccc(Br)c2)n1. The normalized spacial score (nSPS) is 10.6. The van der Waals surface area contributed by atoms with Crippen molar-refractivity contribution in [3.63, 3.8) is 0 Å². The topological polar surface area (TPSA) is 38.1 Å². The van der Waals surface area contributed by atoms with E-state index in [0.717, 1.165) is 21.2 Å². The fourth-order valence-electron chi connectivity index (χ4n) is 1.84. The van der Waals surface area contributed by atoms with E-state index in [2.05, 4.69) is 37.0 Å². The molecule has 4 nitrogen and oxygen atoms in total. The van der Waals surface area contributed by atoms with Gasteiger partial charge in [-0.1, -0.05) is 22.0 Å². The number of hydrogen-bond acceptors (Lipinski definition) is 2. The largest absolute Gasteiger partial charge is 0.336 e. The number of nitrogens with zero attached hydrogens (tertiary/aromatic N) is 3. The molecule has 1 heterocycles. The van der Waals surface area contributed by atoms with Crippen molar-refractivity contribution >= 4 is 37.8 Å². The van der Waals surface area contributed by atoms with E-state index in [1.807, 2.05) is 42.1 Å². The Morgan fingerprint density at radius 2 is 2.15 bits per heavy atom. The van der Waals surface area contributed by atoms with E-state index in [1.54, 1.807) is 11.9 Å². The van der Waals surface area contributed by atoms with Gasteiger partial charge in [-0.15, -0.1) is 0 Å². The van der Waals surface area contributed by atoms with E-state index in [9.17, 15) is 4.79 Å². The van der Waals surface area contributed by atoms with Crippen molar-refractivity contribution in [2.45, 2.75) is 20.0 Å². The maximum absolute atomic E-state index is 12.3. The van der Waals surface area contributed by atoms with Gasteiger partial charge in [-0.2, -0.15) is 5.10 Å². The third-order valence-corrected chi connectivity index (χ3v) is 4.07. The minimum absolute atomic E-state index is 0.0238. The van der Waals surface area contributed by atoms with Crippen molar-refractivity contribution in [1.82, 2.24) is 14.7 Å². The molecular weight excluding hydrogens is 386 g/mol. The highest BCUT2D eigenvalue weighted by Gasteiger charge is 2.15. The van der Waals surface area contributed by atoms with Gasteiger partial charge in [0.2, 0.25) is 0 Å². The van der Waals surface area contributed by atoms with E-state index in [1.165, 1.54) is 0 Å². The minimum Gasteiger partial charge on any atom is -0.336 e. The Kier molecular flexibility index (Phi) is 4.99. The predicted molar refractivity (Wildman–Crippen MR) is 85.5 cm³/mol. The molecule has 0 saturated carbocycles. The Morgan fingerprint density at radius 3 is 2.75 bits per heavy atom. The lowest BCUT2D eigenvalue weighted by Gasteiger charge is -2.16. The number of aromatic nitrogens is 2. The van der Waals surface area contributed by atoms with Gasteiger partial charge in [-0.3, -0.25) is 9.48 Å². The van der Waals surface area contributed by atoms with Gasteiger partial charge in [0.05, 0.1) is 16.7 Å². The Hall–Kier alpha value is -1.14. The molecule has 6 heteroatoms. The number of carbonyl (C=O) groups is 1. The maximum atomic E-state index is 12.3. The molecule has 1 aromatic carbocycles. The summed E-state index contributed by atoms with van der Waals surface area (Å²) in [6, 6.07) is 7.38. The maximum Gasteiger partial charge on any atom is 0.253 e. The third-order valence-electron chi connectivity index (χ3n) is 2.92. The molecule has 0 N–H and O–H groups in total. The van der Waals surface area contributed by atoms with Crippen LogP contribution in [0.1, 0.15) is 23.0 Å². The van der Waals surface area contributed by atoms with E-state index in [0.29, 0.717) is 12.1 Å². The molecule has 0 aliphatic heterocycles. The first-order valence-corrected chi connectivity index (χ1v) is 7.82. The molecule has 0 atom stereocenters. The summed E-state index contributed by atoms with van der Waals surface area (Å²) in [5, 5.41) is 4.43. The van der Waals surface area contributed by atoms with Crippen molar-refractivity contribution in [2.24, 2.45) is 0 Å². The van der Waals surface area contributed by atoms with Crippen molar-refractivity contribution in [2.75, 3.05) is 7.05 Å². The number of rotatable bonds is 4. The number of halogens is 2. The zero-order valence-electron chi connectivity index (χ0n) is 11.3. The Labute approximate surface area is 135 Å². The summed E-state index contributed by atoms with van der Waals surface area (Å²) in [6.45, 7) is 3.31. The molecule has 0 radical (unpaired) electrons. The summed E-state index contributed by atoms with van der Waals surface area (Å²) < 4.78 is 3.66. The lowest BCUT2D eigenvalue weighted by molar-refractivity contribution is 0.0783. The number of hydrogen-bond donors (Lipinski definition) is 0. The van der Waals surface area contributed by atoms with Crippen LogP contribution in [-0.2, 0) is 13.1 Å². The average Bonchev–Trinajstić information content (AvgIpc) is 2.78. The number of amides is 1. The predicted octanol–water partition coefficient (Wildman–Crippen LogP) is 3.70. The summed E-state index contributed by atoms with van der Waals surface area (Å²) in [6.07, 6.45) is 1.92. The van der Waals surface area contributed by atoms with Gasteiger partial charge in [0.1, 0.15) is 0 Å². The number of aryl methyl sites for hydroxylation is 1. The second-order valence-corrected chi connectivity index (χ2v) is 6.22. The molecule has 1 aromatic heterocycles. The standard InChI is InChI=1S/C14H15Br2N3O/c1-3-19-8-12(16)13(17-19)9-18(2)14(20)10-5-4-6-11(15)7-10/h4-8H,3,9H2,1-2H3. The van der Waals surface area contributed by atoms with E-state index < -0.39 is 0 Å². The van der Waals surface area contributed by atoms with Crippen molar-refractivity contribution < 1.29 is 4.79 Å². The van der Waals surface area contributed by atoms with Crippen LogP contribution in [0.25, 0.3) is 0 Å². The van der Waals surface area contributed by atoms with Gasteiger partial charge in [0.15, 0.2) is 0 Å². The van der Waals surface area contributed by atoms with Crippen LogP contribution in [0, 0.1) is 0 Å². The van der Waals surface area contributed by atoms with Gasteiger partial charge in [0.25, 0.3) is 5.91 Å². The van der Waals surface area contributed by atoms with Crippen molar-refractivity contribution in [3.8, 4) is 0 Å². The lowest BCUT2D eigenvalue weighted by atomic mass is 10.2. The summed E-state index contributed by atoms with van der Waals surface area (Å²) >= 11 is 6.85. The van der Waals surface area contributed by atoms with Crippen LogP contribution in [0.3, 0.4) is 0 Å². The van der Waals surface area contributed by atoms with Crippen LogP contribution in [0.5, 0.6) is 0 Å². The average molecular weight is 401 g/mol. The van der Waals surface area contributed by atoms with Crippen LogP contribution in [-0.4, -0.2) is 27.6 Å². The molecule has 2 aromatic rings. The van der Waals surface area contributed by atoms with Crippen LogP contribution in [0.4, 0.5) is 0 Å². The minimum atomic E-state index is -0.0238. The summed E-state index contributed by atoms with van der Waals surface area (Å²) in [5.41, 5.74) is 1.52. The van der Waals surface area contributed by atoms with Gasteiger partial charge in [-0.05, 0) is 41.1 Å². The quantitative estimate of drug-likeness (QED) is 0.784. The summed E-state index contributed by atoms with van der Waals surface area (Å²) in [4.78, 5) is 14.0. The smallest absolute Gasteiger partial charge is 0.253 e. The molecule has 0 aliphatic carbocycles. The molecule has 0 saturated heterocycles. The number of benzene rings is 1. The molecule has 0 unspecified atom stereocenters. The fraction of sp³-hybridized carbons (Fsp3) is 0.286. The molecule has 0 spiro atoms. The van der Waals surface area contributed by atoms with Crippen LogP contribution < -0.4 is 0 Å². The van der Waals surface area contributed by atoms with Crippen LogP contribution >= 0.6 is 31.9 Å². The lowest BCUT2D eigenvalue weighted by Crippen LogP contribution is -2.26. The zero-order valence-corrected chi connectivity index (χ0v) is 14.5. The second-order valence-electron chi connectivity index (χ2n) is 4.45. The molecule has 2 rings (SSSR count). The summed E-state index contributed by atoms with van der Waals surface area (Å²) in [5.74, 6) is -0.0238. The third kappa shape index (κ3) is 3.49. The Morgan fingerprint density at radius 1 is 1.40 bits per heavy atom. The van der Waals surface area contributed by atoms with Gasteiger partial charge in [-0.25, -0.2) is 0 Å². The highest BCUT2D eigenvalue weighted by atomic mass is 79.9. The highest BCUT2D eigenvalue weighted by Crippen LogP contribution is 2.18. The first kappa shape index (κ1) is 15.3. The van der Waals surface area contributed by atoms with Crippen molar-refractivity contribution in [3.05, 3.63) is 50.7 Å². The van der Waals surface area contributed by atoms with E-state index in [4.69, 9.17) is 0 Å². The molecule has 0 fully saturated rings. The fourth-order valence-corrected chi connectivity index (χ4v) is 2.68. The summed E-state index contributed by atoms with van der Waals surface area (Å²) in [7, 11) is 1.78. The molecule has 0 aliphatic rings. The Bertz CT molecular complexity index is 625. The molecule has 1 amide bonds. The van der Waals surface area contributed by atoms with Gasteiger partial charge >= 0.3 is 0 Å². The second kappa shape index (κ2) is 6.54. The first-order valence-electron chi connectivity index (χ1n) is 6.24. The van der Waals surface area contributed by atoms with Crippen molar-refractivity contribution in [1.29, 1.82) is 0 Å². The van der Waals surface area contributed by atoms with E-state index in [-0.39, 0.29) is 5.91 Å². The Balaban J connectivity index is 2.13. The highest BCUT2D eigenvalue weighted by molar-refractivity contribution is 9.10. The molecule has 20 heavy (non-hydrogen) atoms. The monoisotopic (exact) mass is 399 g/mol.